The number of benzene rings is 2. The van der Waals surface area contributed by atoms with Crippen molar-refractivity contribution in [2.75, 3.05) is 20.5 Å². The van der Waals surface area contributed by atoms with E-state index in [2.05, 4.69) is 5.10 Å². The van der Waals surface area contributed by atoms with Gasteiger partial charge in [-0.2, -0.15) is 14.6 Å². The molecule has 2 aromatic heterocycles. The molecule has 180 valence electrons. The highest BCUT2D eigenvalue weighted by Gasteiger charge is 2.37. The Hall–Kier alpha value is -3.63. The molecule has 1 aliphatic heterocycles. The van der Waals surface area contributed by atoms with E-state index in [1.54, 1.807) is 36.3 Å². The summed E-state index contributed by atoms with van der Waals surface area (Å²) in [7, 11) is -0.518. The predicted octanol–water partition coefficient (Wildman–Crippen LogP) is 4.73. The number of rotatable bonds is 7. The fourth-order valence-corrected chi connectivity index (χ4v) is 5.79. The van der Waals surface area contributed by atoms with Crippen molar-refractivity contribution in [1.82, 2.24) is 14.2 Å². The van der Waals surface area contributed by atoms with Gasteiger partial charge in [0.05, 0.1) is 42.8 Å². The topological polar surface area (TPSA) is 86.0 Å². The summed E-state index contributed by atoms with van der Waals surface area (Å²) in [5.74, 6) is 1.15. The van der Waals surface area contributed by atoms with E-state index in [-0.39, 0.29) is 0 Å². The first-order chi connectivity index (χ1) is 16.9. The molecular weight excluding hydrogens is 484 g/mol. The van der Waals surface area contributed by atoms with Gasteiger partial charge in [0.15, 0.2) is 11.5 Å². The van der Waals surface area contributed by atoms with Crippen molar-refractivity contribution in [3.63, 3.8) is 0 Å². The highest BCUT2D eigenvalue weighted by molar-refractivity contribution is 7.88. The summed E-state index contributed by atoms with van der Waals surface area (Å²) in [6, 6.07) is 18.6. The van der Waals surface area contributed by atoms with Crippen molar-refractivity contribution < 1.29 is 17.9 Å². The van der Waals surface area contributed by atoms with E-state index < -0.39 is 16.1 Å². The van der Waals surface area contributed by atoms with Crippen molar-refractivity contribution >= 4 is 27.1 Å². The molecule has 0 bridgehead atoms. The number of para-hydroxylation sites is 1. The quantitative estimate of drug-likeness (QED) is 0.360. The molecule has 0 spiro atoms. The Kier molecular flexibility index (Phi) is 6.08. The number of ether oxygens (including phenoxy) is 2. The van der Waals surface area contributed by atoms with Gasteiger partial charge < -0.3 is 9.47 Å². The van der Waals surface area contributed by atoms with Crippen LogP contribution in [0, 0.1) is 0 Å². The molecule has 0 N–H and O–H groups in total. The van der Waals surface area contributed by atoms with Gasteiger partial charge in [0.1, 0.15) is 5.69 Å². The minimum absolute atomic E-state index is 0.390. The largest absolute Gasteiger partial charge is 0.493 e. The van der Waals surface area contributed by atoms with Crippen LogP contribution in [0.4, 0.5) is 0 Å². The molecule has 1 aliphatic rings. The maximum absolute atomic E-state index is 12.8. The van der Waals surface area contributed by atoms with Crippen LogP contribution in [0.3, 0.4) is 0 Å². The van der Waals surface area contributed by atoms with E-state index in [9.17, 15) is 8.42 Å². The van der Waals surface area contributed by atoms with E-state index >= 15 is 0 Å². The van der Waals surface area contributed by atoms with E-state index in [0.717, 1.165) is 27.4 Å². The Labute approximate surface area is 208 Å². The van der Waals surface area contributed by atoms with Crippen molar-refractivity contribution in [3.8, 4) is 27.8 Å². The number of sulfonamides is 1. The summed E-state index contributed by atoms with van der Waals surface area (Å²) >= 11 is 1.56. The molecule has 2 aromatic carbocycles. The van der Waals surface area contributed by atoms with Crippen molar-refractivity contribution in [1.29, 1.82) is 0 Å². The fraction of sp³-hybridized carbons (Fsp3) is 0.200. The lowest BCUT2D eigenvalue weighted by molar-refractivity contribution is 0.355. The highest BCUT2D eigenvalue weighted by atomic mass is 32.2. The Morgan fingerprint density at radius 3 is 2.43 bits per heavy atom. The van der Waals surface area contributed by atoms with Crippen LogP contribution >= 0.6 is 11.3 Å². The fourth-order valence-electron chi connectivity index (χ4n) is 4.17. The molecule has 0 saturated carbocycles. The molecule has 10 heteroatoms. The number of hydrogen-bond acceptors (Lipinski definition) is 7. The zero-order valence-electron chi connectivity index (χ0n) is 19.5. The van der Waals surface area contributed by atoms with Crippen LogP contribution in [0.15, 0.2) is 77.3 Å². The van der Waals surface area contributed by atoms with Gasteiger partial charge in [-0.25, -0.2) is 13.1 Å². The van der Waals surface area contributed by atoms with Crippen LogP contribution in [0.25, 0.3) is 16.3 Å². The molecule has 35 heavy (non-hydrogen) atoms. The van der Waals surface area contributed by atoms with E-state index in [1.165, 1.54) is 10.7 Å². The van der Waals surface area contributed by atoms with E-state index in [1.807, 2.05) is 66.2 Å². The molecule has 0 fully saturated rings. The van der Waals surface area contributed by atoms with Gasteiger partial charge >= 0.3 is 0 Å². The lowest BCUT2D eigenvalue weighted by atomic mass is 9.98. The highest BCUT2D eigenvalue weighted by Crippen LogP contribution is 2.41. The van der Waals surface area contributed by atoms with Crippen LogP contribution in [-0.4, -0.2) is 48.8 Å². The minimum Gasteiger partial charge on any atom is -0.493 e. The number of aromatic nitrogens is 2. The number of hydrazone groups is 1. The molecular formula is C25H24N4O4S2. The zero-order valence-corrected chi connectivity index (χ0v) is 21.1. The molecule has 5 rings (SSSR count). The maximum atomic E-state index is 12.8. The molecule has 0 aliphatic carbocycles. The molecule has 0 saturated heterocycles. The summed E-state index contributed by atoms with van der Waals surface area (Å²) in [6.07, 6.45) is 3.47. The Morgan fingerprint density at radius 2 is 1.77 bits per heavy atom. The van der Waals surface area contributed by atoms with Gasteiger partial charge in [0.2, 0.25) is 10.0 Å². The van der Waals surface area contributed by atoms with Gasteiger partial charge in [0.25, 0.3) is 0 Å². The minimum atomic E-state index is -3.65. The molecule has 1 atom stereocenters. The predicted molar refractivity (Wildman–Crippen MR) is 137 cm³/mol. The number of thiophene rings is 1. The third-order valence-corrected chi connectivity index (χ3v) is 7.70. The molecule has 4 aromatic rings. The number of nitrogens with zero attached hydrogens (tertiary/aromatic N) is 4. The average molecular weight is 509 g/mol. The monoisotopic (exact) mass is 508 g/mol. The normalized spacial score (nSPS) is 15.8. The van der Waals surface area contributed by atoms with Gasteiger partial charge in [-0.15, -0.1) is 11.3 Å². The summed E-state index contributed by atoms with van der Waals surface area (Å²) in [5.41, 5.74) is 3.84. The van der Waals surface area contributed by atoms with Gasteiger partial charge in [0, 0.05) is 23.7 Å². The Balaban J connectivity index is 1.61. The number of methoxy groups -OCH3 is 2. The maximum Gasteiger partial charge on any atom is 0.247 e. The van der Waals surface area contributed by atoms with Gasteiger partial charge in [-0.3, -0.25) is 0 Å². The summed E-state index contributed by atoms with van der Waals surface area (Å²) in [5, 5.41) is 11.4. The van der Waals surface area contributed by atoms with Crippen LogP contribution in [0.5, 0.6) is 11.5 Å². The molecule has 8 nitrogen and oxygen atoms in total. The lowest BCUT2D eigenvalue weighted by Gasteiger charge is -2.20. The van der Waals surface area contributed by atoms with Crippen molar-refractivity contribution in [2.45, 2.75) is 12.5 Å². The SMILES string of the molecule is COc1ccc(C2=NN(S(C)(=O)=O)[C@H](c3cn(-c4ccccc4)nc3-c3cccs3)C2)cc1OC. The van der Waals surface area contributed by atoms with E-state index in [0.29, 0.717) is 23.6 Å². The van der Waals surface area contributed by atoms with Crippen LogP contribution < -0.4 is 9.47 Å². The Bertz CT molecular complexity index is 1480. The first-order valence-corrected chi connectivity index (χ1v) is 13.6. The lowest BCUT2D eigenvalue weighted by Crippen LogP contribution is -2.26. The van der Waals surface area contributed by atoms with Crippen molar-refractivity contribution in [3.05, 3.63) is 83.4 Å². The van der Waals surface area contributed by atoms with Crippen LogP contribution in [0.2, 0.25) is 0 Å². The second kappa shape index (κ2) is 9.20. The second-order valence-corrected chi connectivity index (χ2v) is 10.9. The smallest absolute Gasteiger partial charge is 0.247 e. The van der Waals surface area contributed by atoms with Crippen LogP contribution in [0.1, 0.15) is 23.6 Å². The first-order valence-electron chi connectivity index (χ1n) is 10.9. The number of hydrogen-bond donors (Lipinski definition) is 0. The van der Waals surface area contributed by atoms with E-state index in [4.69, 9.17) is 14.6 Å². The molecule has 3 heterocycles. The third-order valence-electron chi connectivity index (χ3n) is 5.81. The zero-order chi connectivity index (χ0) is 24.6. The third kappa shape index (κ3) is 4.42. The van der Waals surface area contributed by atoms with Crippen molar-refractivity contribution in [2.24, 2.45) is 5.10 Å². The molecule has 0 amide bonds. The Morgan fingerprint density at radius 1 is 1.00 bits per heavy atom. The van der Waals surface area contributed by atoms with Gasteiger partial charge in [-0.05, 0) is 41.8 Å². The first kappa shape index (κ1) is 23.1. The summed E-state index contributed by atoms with van der Waals surface area (Å²) < 4.78 is 39.5. The average Bonchev–Trinajstić information content (AvgIpc) is 3.62. The van der Waals surface area contributed by atoms with Gasteiger partial charge in [-0.1, -0.05) is 24.3 Å². The summed E-state index contributed by atoms with van der Waals surface area (Å²) in [4.78, 5) is 0.961. The standard InChI is InChI=1S/C25H24N4O4S2/c1-32-22-12-11-17(14-23(22)33-2)20-15-21(29(26-20)35(3,30)31)19-16-28(18-8-5-4-6-9-18)27-25(19)24-10-7-13-34-24/h4-14,16,21H,15H2,1-3H3/t21-/m0/s1. The van der Waals surface area contributed by atoms with Crippen LogP contribution in [-0.2, 0) is 10.0 Å². The molecule has 0 unspecified atom stereocenters. The summed E-state index contributed by atoms with van der Waals surface area (Å²) in [6.45, 7) is 0. The second-order valence-electron chi connectivity index (χ2n) is 8.06. The molecule has 0 radical (unpaired) electrons.